The number of rotatable bonds is 4. The molecule has 4 nitrogen and oxygen atoms in total. The molecule has 1 heterocycles. The number of hydrogen-bond acceptors (Lipinski definition) is 4. The minimum absolute atomic E-state index is 0.725. The zero-order valence-corrected chi connectivity index (χ0v) is 7.34. The maximum atomic E-state index is 5.34. The minimum Gasteiger partial charge on any atom is -0.330 e. The van der Waals surface area contributed by atoms with E-state index >= 15 is 0 Å². The van der Waals surface area contributed by atoms with Crippen LogP contribution in [0.4, 0.5) is 0 Å². The van der Waals surface area contributed by atoms with Gasteiger partial charge in [0.25, 0.3) is 0 Å². The molecule has 0 fully saturated rings. The van der Waals surface area contributed by atoms with Crippen LogP contribution in [0.1, 0.15) is 5.82 Å². The van der Waals surface area contributed by atoms with E-state index in [4.69, 9.17) is 5.73 Å². The van der Waals surface area contributed by atoms with Gasteiger partial charge in [0.2, 0.25) is 0 Å². The van der Waals surface area contributed by atoms with Gasteiger partial charge in [-0.1, -0.05) is 0 Å². The summed E-state index contributed by atoms with van der Waals surface area (Å²) in [6.45, 7) is 0.725. The van der Waals surface area contributed by atoms with Gasteiger partial charge in [-0.15, -0.1) is 10.2 Å². The Labute approximate surface area is 70.2 Å². The van der Waals surface area contributed by atoms with E-state index in [1.54, 1.807) is 18.1 Å². The van der Waals surface area contributed by atoms with E-state index in [2.05, 4.69) is 10.2 Å². The van der Waals surface area contributed by atoms with Crippen molar-refractivity contribution >= 4 is 11.8 Å². The van der Waals surface area contributed by atoms with E-state index in [1.165, 1.54) is 0 Å². The molecule has 0 radical (unpaired) electrons. The molecule has 0 aliphatic carbocycles. The third-order valence-electron chi connectivity index (χ3n) is 1.30. The normalized spacial score (nSPS) is 10.4. The van der Waals surface area contributed by atoms with Crippen molar-refractivity contribution in [2.45, 2.75) is 5.75 Å². The number of hydrogen-bond donors (Lipinski definition) is 1. The maximum Gasteiger partial charge on any atom is 0.142 e. The highest BCUT2D eigenvalue weighted by Crippen LogP contribution is 2.06. The van der Waals surface area contributed by atoms with Crippen LogP contribution in [0.25, 0.3) is 0 Å². The second kappa shape index (κ2) is 4.35. The van der Waals surface area contributed by atoms with E-state index in [0.717, 1.165) is 23.9 Å². The molecular formula is C6H12N4S. The predicted octanol–water partition coefficient (Wildman–Crippen LogP) is 0.00700. The smallest absolute Gasteiger partial charge is 0.142 e. The Morgan fingerprint density at radius 2 is 2.55 bits per heavy atom. The molecule has 62 valence electrons. The zero-order valence-electron chi connectivity index (χ0n) is 6.53. The molecule has 11 heavy (non-hydrogen) atoms. The number of nitrogens with zero attached hydrogens (tertiary/aromatic N) is 3. The van der Waals surface area contributed by atoms with Gasteiger partial charge in [-0.2, -0.15) is 11.8 Å². The fraction of sp³-hybridized carbons (Fsp3) is 0.667. The monoisotopic (exact) mass is 172 g/mol. The van der Waals surface area contributed by atoms with Crippen LogP contribution in [0.2, 0.25) is 0 Å². The van der Waals surface area contributed by atoms with Crippen molar-refractivity contribution in [1.29, 1.82) is 0 Å². The maximum absolute atomic E-state index is 5.34. The highest BCUT2D eigenvalue weighted by atomic mass is 32.2. The summed E-state index contributed by atoms with van der Waals surface area (Å²) in [7, 11) is 1.94. The molecular weight excluding hydrogens is 160 g/mol. The molecule has 0 atom stereocenters. The standard InChI is InChI=1S/C6H12N4S/c1-10-5-8-9-6(10)4-11-3-2-7/h5H,2-4,7H2,1H3. The Balaban J connectivity index is 2.32. The van der Waals surface area contributed by atoms with Crippen LogP contribution in [0.5, 0.6) is 0 Å². The van der Waals surface area contributed by atoms with Crippen LogP contribution < -0.4 is 5.73 Å². The lowest BCUT2D eigenvalue weighted by Crippen LogP contribution is -2.02. The van der Waals surface area contributed by atoms with E-state index in [1.807, 2.05) is 11.6 Å². The second-order valence-electron chi connectivity index (χ2n) is 2.20. The van der Waals surface area contributed by atoms with Gasteiger partial charge in [0.1, 0.15) is 12.2 Å². The van der Waals surface area contributed by atoms with Crippen molar-refractivity contribution in [2.75, 3.05) is 12.3 Å². The van der Waals surface area contributed by atoms with Crippen molar-refractivity contribution in [3.8, 4) is 0 Å². The van der Waals surface area contributed by atoms with Crippen LogP contribution in [0.3, 0.4) is 0 Å². The van der Waals surface area contributed by atoms with Crippen molar-refractivity contribution in [2.24, 2.45) is 12.8 Å². The Morgan fingerprint density at radius 1 is 1.73 bits per heavy atom. The molecule has 1 rings (SSSR count). The molecule has 0 saturated carbocycles. The third kappa shape index (κ3) is 2.51. The Kier molecular flexibility index (Phi) is 3.38. The van der Waals surface area contributed by atoms with Crippen LogP contribution >= 0.6 is 11.8 Å². The minimum atomic E-state index is 0.725. The largest absolute Gasteiger partial charge is 0.330 e. The van der Waals surface area contributed by atoms with Gasteiger partial charge in [-0.05, 0) is 0 Å². The van der Waals surface area contributed by atoms with Gasteiger partial charge in [-0.3, -0.25) is 0 Å². The molecule has 1 aromatic rings. The first-order valence-electron chi connectivity index (χ1n) is 3.45. The summed E-state index contributed by atoms with van der Waals surface area (Å²) in [5.74, 6) is 2.88. The summed E-state index contributed by atoms with van der Waals surface area (Å²) in [6, 6.07) is 0. The van der Waals surface area contributed by atoms with E-state index < -0.39 is 0 Å². The van der Waals surface area contributed by atoms with Crippen molar-refractivity contribution in [3.63, 3.8) is 0 Å². The van der Waals surface area contributed by atoms with Gasteiger partial charge < -0.3 is 10.3 Å². The molecule has 2 N–H and O–H groups in total. The van der Waals surface area contributed by atoms with Crippen molar-refractivity contribution < 1.29 is 0 Å². The molecule has 0 aliphatic rings. The zero-order chi connectivity index (χ0) is 8.10. The summed E-state index contributed by atoms with van der Waals surface area (Å²) in [5.41, 5.74) is 5.34. The van der Waals surface area contributed by atoms with Gasteiger partial charge in [-0.25, -0.2) is 0 Å². The molecule has 0 amide bonds. The van der Waals surface area contributed by atoms with Gasteiger partial charge in [0.05, 0.1) is 5.75 Å². The van der Waals surface area contributed by atoms with Gasteiger partial charge in [0, 0.05) is 19.3 Å². The Hall–Kier alpha value is -0.550. The lowest BCUT2D eigenvalue weighted by atomic mass is 10.7. The lowest BCUT2D eigenvalue weighted by molar-refractivity contribution is 0.849. The van der Waals surface area contributed by atoms with E-state index in [0.29, 0.717) is 0 Å². The van der Waals surface area contributed by atoms with Crippen LogP contribution in [0.15, 0.2) is 6.33 Å². The summed E-state index contributed by atoms with van der Waals surface area (Å²) in [6.07, 6.45) is 1.71. The van der Waals surface area contributed by atoms with Crippen molar-refractivity contribution in [1.82, 2.24) is 14.8 Å². The average molecular weight is 172 g/mol. The van der Waals surface area contributed by atoms with Gasteiger partial charge >= 0.3 is 0 Å². The lowest BCUT2D eigenvalue weighted by Gasteiger charge is -1.97. The van der Waals surface area contributed by atoms with E-state index in [-0.39, 0.29) is 0 Å². The molecule has 5 heteroatoms. The fourth-order valence-corrected chi connectivity index (χ4v) is 1.44. The molecule has 0 aliphatic heterocycles. The molecule has 0 saturated heterocycles. The number of aromatic nitrogens is 3. The summed E-state index contributed by atoms with van der Waals surface area (Å²) in [4.78, 5) is 0. The topological polar surface area (TPSA) is 56.7 Å². The van der Waals surface area contributed by atoms with E-state index in [9.17, 15) is 0 Å². The molecule has 0 bridgehead atoms. The average Bonchev–Trinajstić information content (AvgIpc) is 2.37. The first-order valence-corrected chi connectivity index (χ1v) is 4.60. The summed E-state index contributed by atoms with van der Waals surface area (Å²) >= 11 is 1.78. The molecule has 0 aromatic carbocycles. The second-order valence-corrected chi connectivity index (χ2v) is 3.30. The van der Waals surface area contributed by atoms with Crippen LogP contribution in [-0.2, 0) is 12.8 Å². The first kappa shape index (κ1) is 8.55. The molecule has 1 aromatic heterocycles. The summed E-state index contributed by atoms with van der Waals surface area (Å²) in [5, 5.41) is 7.71. The van der Waals surface area contributed by atoms with Crippen LogP contribution in [0, 0.1) is 0 Å². The van der Waals surface area contributed by atoms with Crippen LogP contribution in [-0.4, -0.2) is 27.1 Å². The molecule has 0 unspecified atom stereocenters. The first-order chi connectivity index (χ1) is 5.34. The number of thioether (sulfide) groups is 1. The van der Waals surface area contributed by atoms with Gasteiger partial charge in [0.15, 0.2) is 0 Å². The Bertz CT molecular complexity index is 210. The number of nitrogens with two attached hydrogens (primary N) is 1. The SMILES string of the molecule is Cn1cnnc1CSCCN. The number of aryl methyl sites for hydroxylation is 1. The highest BCUT2D eigenvalue weighted by Gasteiger charge is 1.98. The molecule has 0 spiro atoms. The fourth-order valence-electron chi connectivity index (χ4n) is 0.685. The predicted molar refractivity (Wildman–Crippen MR) is 46.2 cm³/mol. The van der Waals surface area contributed by atoms with Crippen molar-refractivity contribution in [3.05, 3.63) is 12.2 Å². The third-order valence-corrected chi connectivity index (χ3v) is 2.29. The summed E-state index contributed by atoms with van der Waals surface area (Å²) < 4.78 is 1.92. The highest BCUT2D eigenvalue weighted by molar-refractivity contribution is 7.98. The quantitative estimate of drug-likeness (QED) is 0.650. The Morgan fingerprint density at radius 3 is 3.09 bits per heavy atom.